The maximum Gasteiger partial charge on any atom is 0.228 e. The van der Waals surface area contributed by atoms with Crippen molar-refractivity contribution in [3.63, 3.8) is 0 Å². The first-order chi connectivity index (χ1) is 11.8. The Morgan fingerprint density at radius 2 is 2.21 bits per heavy atom. The van der Waals surface area contributed by atoms with Gasteiger partial charge in [-0.1, -0.05) is 6.92 Å². The summed E-state index contributed by atoms with van der Waals surface area (Å²) in [6, 6.07) is 0.732. The van der Waals surface area contributed by atoms with Crippen LogP contribution in [0.1, 0.15) is 44.5 Å². The molecule has 2 aromatic rings. The monoisotopic (exact) mass is 326 g/mol. The van der Waals surface area contributed by atoms with Gasteiger partial charge in [0.2, 0.25) is 5.95 Å². The molecule has 8 heteroatoms. The molecular weight excluding hydrogens is 304 g/mol. The summed E-state index contributed by atoms with van der Waals surface area (Å²) in [6.07, 6.45) is 11.9. The largest absolute Gasteiger partial charge is 0.393 e. The van der Waals surface area contributed by atoms with Gasteiger partial charge in [-0.15, -0.1) is 10.2 Å². The highest BCUT2D eigenvalue weighted by molar-refractivity contribution is 5.63. The lowest BCUT2D eigenvalue weighted by molar-refractivity contribution is 0.342. The van der Waals surface area contributed by atoms with Gasteiger partial charge in [0.05, 0.1) is 12.2 Å². The Bertz CT molecular complexity index is 748. The molecule has 0 bridgehead atoms. The van der Waals surface area contributed by atoms with Crippen LogP contribution in [0, 0.1) is 0 Å². The van der Waals surface area contributed by atoms with E-state index < -0.39 is 0 Å². The van der Waals surface area contributed by atoms with Crippen LogP contribution >= 0.6 is 0 Å². The van der Waals surface area contributed by atoms with Gasteiger partial charge in [-0.05, 0) is 25.7 Å². The number of fused-ring (bicyclic) bond motifs is 3. The average Bonchev–Trinajstić information content (AvgIpc) is 3.03. The van der Waals surface area contributed by atoms with Crippen LogP contribution in [0.15, 0.2) is 24.9 Å². The maximum atomic E-state index is 4.79. The van der Waals surface area contributed by atoms with Crippen LogP contribution in [0.5, 0.6) is 0 Å². The zero-order valence-electron chi connectivity index (χ0n) is 14.0. The molecule has 0 aromatic carbocycles. The molecule has 0 amide bonds. The minimum Gasteiger partial charge on any atom is -0.393 e. The molecule has 4 rings (SSSR count). The maximum absolute atomic E-state index is 4.79. The first-order valence-corrected chi connectivity index (χ1v) is 8.48. The van der Waals surface area contributed by atoms with Crippen LogP contribution in [0.2, 0.25) is 0 Å². The fourth-order valence-electron chi connectivity index (χ4n) is 3.40. The molecule has 0 spiro atoms. The number of rotatable bonds is 5. The van der Waals surface area contributed by atoms with E-state index in [0.29, 0.717) is 12.0 Å². The number of anilines is 2. The third-order valence-corrected chi connectivity index (χ3v) is 4.78. The Labute approximate surface area is 141 Å². The van der Waals surface area contributed by atoms with Gasteiger partial charge in [-0.3, -0.25) is 4.57 Å². The second kappa shape index (κ2) is 6.10. The van der Waals surface area contributed by atoms with Gasteiger partial charge in [0.1, 0.15) is 12.0 Å². The summed E-state index contributed by atoms with van der Waals surface area (Å²) in [5.41, 5.74) is 0.953. The smallest absolute Gasteiger partial charge is 0.228 e. The summed E-state index contributed by atoms with van der Waals surface area (Å²) in [7, 11) is 1.85. The van der Waals surface area contributed by atoms with Gasteiger partial charge in [-0.2, -0.15) is 4.98 Å². The molecule has 0 saturated heterocycles. The molecule has 1 aliphatic carbocycles. The molecule has 0 radical (unpaired) electrons. The number of hydrogen-bond acceptors (Lipinski definition) is 7. The summed E-state index contributed by atoms with van der Waals surface area (Å²) >= 11 is 0. The van der Waals surface area contributed by atoms with Gasteiger partial charge >= 0.3 is 0 Å². The Hall–Kier alpha value is -2.64. The van der Waals surface area contributed by atoms with Gasteiger partial charge in [0.15, 0.2) is 11.6 Å². The molecule has 2 N–H and O–H groups in total. The number of hydrogen-bond donors (Lipinski definition) is 2. The highest BCUT2D eigenvalue weighted by atomic mass is 15.4. The molecule has 1 saturated carbocycles. The molecule has 2 aliphatic rings. The van der Waals surface area contributed by atoms with E-state index in [2.05, 4.69) is 37.6 Å². The van der Waals surface area contributed by atoms with E-state index in [1.54, 1.807) is 18.7 Å². The van der Waals surface area contributed by atoms with Gasteiger partial charge < -0.3 is 15.5 Å². The van der Waals surface area contributed by atoms with E-state index in [1.165, 1.54) is 19.3 Å². The summed E-state index contributed by atoms with van der Waals surface area (Å²) in [5, 5.41) is 14.5. The Balaban J connectivity index is 1.78. The predicted octanol–water partition coefficient (Wildman–Crippen LogP) is 1.98. The van der Waals surface area contributed by atoms with Crippen molar-refractivity contribution >= 4 is 11.8 Å². The summed E-state index contributed by atoms with van der Waals surface area (Å²) < 4.78 is 2.02. The molecule has 24 heavy (non-hydrogen) atoms. The lowest BCUT2D eigenvalue weighted by Crippen LogP contribution is -2.46. The lowest BCUT2D eigenvalue weighted by atomic mass is 9.89. The van der Waals surface area contributed by atoms with Crippen LogP contribution in [0.25, 0.3) is 5.69 Å². The first-order valence-electron chi connectivity index (χ1n) is 8.48. The minimum atomic E-state index is 0.209. The van der Waals surface area contributed by atoms with E-state index in [9.17, 15) is 0 Å². The van der Waals surface area contributed by atoms with Crippen LogP contribution in [0.3, 0.4) is 0 Å². The van der Waals surface area contributed by atoms with Crippen LogP contribution in [0.4, 0.5) is 11.8 Å². The molecule has 8 nitrogen and oxygen atoms in total. The number of nitrogens with zero attached hydrogens (tertiary/aromatic N) is 6. The Morgan fingerprint density at radius 3 is 2.92 bits per heavy atom. The number of nitrogens with one attached hydrogen (secondary N) is 2. The Kier molecular flexibility index (Phi) is 3.79. The van der Waals surface area contributed by atoms with E-state index in [-0.39, 0.29) is 6.04 Å². The van der Waals surface area contributed by atoms with Crippen molar-refractivity contribution < 1.29 is 0 Å². The van der Waals surface area contributed by atoms with Gasteiger partial charge in [-0.25, -0.2) is 4.98 Å². The van der Waals surface area contributed by atoms with Gasteiger partial charge in [0.25, 0.3) is 0 Å². The van der Waals surface area contributed by atoms with Crippen molar-refractivity contribution in [1.29, 1.82) is 0 Å². The van der Waals surface area contributed by atoms with Crippen molar-refractivity contribution in [1.82, 2.24) is 30.0 Å². The fraction of sp³-hybridized carbons (Fsp3) is 0.500. The molecule has 1 atom stereocenters. The first kappa shape index (κ1) is 14.9. The second-order valence-corrected chi connectivity index (χ2v) is 6.14. The lowest BCUT2D eigenvalue weighted by Gasteiger charge is -2.45. The van der Waals surface area contributed by atoms with Crippen molar-refractivity contribution in [2.45, 2.75) is 44.7 Å². The fourth-order valence-corrected chi connectivity index (χ4v) is 3.40. The van der Waals surface area contributed by atoms with E-state index >= 15 is 0 Å². The quantitative estimate of drug-likeness (QED) is 0.869. The SMILES string of the molecule is CC[C@@H]1c2nncn2-c2cnc(N/C=C\NC)nc2N1C1CCC1. The normalized spacial score (nSPS) is 19.8. The molecule has 0 unspecified atom stereocenters. The second-order valence-electron chi connectivity index (χ2n) is 6.14. The van der Waals surface area contributed by atoms with Crippen LogP contribution in [-0.4, -0.2) is 37.8 Å². The Morgan fingerprint density at radius 1 is 1.33 bits per heavy atom. The highest BCUT2D eigenvalue weighted by Gasteiger charge is 2.39. The van der Waals surface area contributed by atoms with Gasteiger partial charge in [0, 0.05) is 25.5 Å². The zero-order valence-corrected chi connectivity index (χ0v) is 14.0. The molecule has 126 valence electrons. The summed E-state index contributed by atoms with van der Waals surface area (Å²) in [4.78, 5) is 11.6. The standard InChI is InChI=1S/C16H22N8/c1-3-12-15-22-20-10-23(15)13-9-19-16(18-8-7-17-2)21-14(13)24(12)11-5-4-6-11/h7-12,17H,3-6H2,1-2H3,(H,18,19,21)/b8-7-/t12-/m1/s1. The molecule has 1 fully saturated rings. The third kappa shape index (κ3) is 2.29. The third-order valence-electron chi connectivity index (χ3n) is 4.78. The highest BCUT2D eigenvalue weighted by Crippen LogP contribution is 2.43. The predicted molar refractivity (Wildman–Crippen MR) is 91.9 cm³/mol. The van der Waals surface area contributed by atoms with E-state index in [4.69, 9.17) is 4.98 Å². The molecule has 3 heterocycles. The summed E-state index contributed by atoms with van der Waals surface area (Å²) in [5.74, 6) is 2.54. The van der Waals surface area contributed by atoms with Crippen LogP contribution < -0.4 is 15.5 Å². The summed E-state index contributed by atoms with van der Waals surface area (Å²) in [6.45, 7) is 2.19. The topological polar surface area (TPSA) is 83.8 Å². The zero-order chi connectivity index (χ0) is 16.5. The molecular formula is C16H22N8. The van der Waals surface area contributed by atoms with E-state index in [1.807, 2.05) is 17.8 Å². The molecule has 2 aromatic heterocycles. The minimum absolute atomic E-state index is 0.209. The average molecular weight is 326 g/mol. The molecule has 1 aliphatic heterocycles. The van der Waals surface area contributed by atoms with E-state index in [0.717, 1.165) is 23.8 Å². The van der Waals surface area contributed by atoms with Crippen molar-refractivity contribution in [2.75, 3.05) is 17.3 Å². The van der Waals surface area contributed by atoms with Crippen molar-refractivity contribution in [3.05, 3.63) is 30.7 Å². The van der Waals surface area contributed by atoms with Crippen molar-refractivity contribution in [2.24, 2.45) is 0 Å². The van der Waals surface area contributed by atoms with Crippen molar-refractivity contribution in [3.8, 4) is 5.69 Å². The van der Waals surface area contributed by atoms with Crippen LogP contribution in [-0.2, 0) is 0 Å². The number of aromatic nitrogens is 5.